The van der Waals surface area contributed by atoms with Crippen molar-refractivity contribution >= 4 is 11.9 Å². The maximum absolute atomic E-state index is 12.5. The van der Waals surface area contributed by atoms with E-state index in [1.54, 1.807) is 18.7 Å². The van der Waals surface area contributed by atoms with Crippen LogP contribution in [0.15, 0.2) is 30.3 Å². The van der Waals surface area contributed by atoms with Crippen molar-refractivity contribution in [2.45, 2.75) is 20.4 Å². The second-order valence-corrected chi connectivity index (χ2v) is 6.17. The molecule has 5 nitrogen and oxygen atoms in total. The quantitative estimate of drug-likeness (QED) is 0.625. The predicted molar refractivity (Wildman–Crippen MR) is 84.1 cm³/mol. The average Bonchev–Trinajstić information content (AvgIpc) is 2.55. The van der Waals surface area contributed by atoms with Gasteiger partial charge in [0.2, 0.25) is 5.91 Å². The van der Waals surface area contributed by atoms with Gasteiger partial charge in [0, 0.05) is 32.7 Å². The number of rotatable bonds is 4. The molecule has 1 aromatic rings. The van der Waals surface area contributed by atoms with Gasteiger partial charge >= 0.3 is 5.97 Å². The number of amides is 1. The van der Waals surface area contributed by atoms with Crippen LogP contribution in [0, 0.1) is 5.41 Å². The second kappa shape index (κ2) is 6.92. The van der Waals surface area contributed by atoms with Crippen molar-refractivity contribution in [3.05, 3.63) is 35.9 Å². The van der Waals surface area contributed by atoms with E-state index in [1.165, 1.54) is 12.7 Å². The summed E-state index contributed by atoms with van der Waals surface area (Å²) in [5.74, 6) is -0.636. The molecular weight excluding hydrogens is 280 g/mol. The van der Waals surface area contributed by atoms with Gasteiger partial charge in [0.05, 0.1) is 7.11 Å². The van der Waals surface area contributed by atoms with E-state index in [4.69, 9.17) is 4.74 Å². The molecule has 1 heterocycles. The summed E-state index contributed by atoms with van der Waals surface area (Å²) in [6.07, 6.45) is 0. The summed E-state index contributed by atoms with van der Waals surface area (Å²) in [6.45, 7) is 7.06. The maximum atomic E-state index is 12.5. The van der Waals surface area contributed by atoms with E-state index in [1.807, 2.05) is 18.2 Å². The molecule has 1 amide bonds. The molecule has 120 valence electrons. The number of ether oxygens (including phenoxy) is 1. The Labute approximate surface area is 131 Å². The lowest BCUT2D eigenvalue weighted by molar-refractivity contribution is -0.161. The Morgan fingerprint density at radius 2 is 1.68 bits per heavy atom. The number of methoxy groups -OCH3 is 1. The first-order chi connectivity index (χ1) is 10.4. The summed E-state index contributed by atoms with van der Waals surface area (Å²) in [5.41, 5.74) is 0.160. The van der Waals surface area contributed by atoms with Crippen molar-refractivity contribution in [2.75, 3.05) is 33.3 Å². The molecule has 0 N–H and O–H groups in total. The van der Waals surface area contributed by atoms with Crippen molar-refractivity contribution in [3.63, 3.8) is 0 Å². The van der Waals surface area contributed by atoms with Crippen LogP contribution in [-0.2, 0) is 20.9 Å². The van der Waals surface area contributed by atoms with Crippen LogP contribution >= 0.6 is 0 Å². The van der Waals surface area contributed by atoms with Crippen molar-refractivity contribution in [1.29, 1.82) is 0 Å². The number of hydrogen-bond acceptors (Lipinski definition) is 4. The highest BCUT2D eigenvalue weighted by Crippen LogP contribution is 2.22. The molecule has 1 aliphatic rings. The lowest BCUT2D eigenvalue weighted by Gasteiger charge is -2.37. The first-order valence-corrected chi connectivity index (χ1v) is 7.59. The van der Waals surface area contributed by atoms with E-state index in [0.717, 1.165) is 19.6 Å². The molecule has 0 spiro atoms. The summed E-state index contributed by atoms with van der Waals surface area (Å²) in [7, 11) is 1.31. The Balaban J connectivity index is 1.89. The lowest BCUT2D eigenvalue weighted by atomic mass is 9.91. The van der Waals surface area contributed by atoms with Gasteiger partial charge in [-0.05, 0) is 19.4 Å². The number of carbonyl (C=O) groups is 2. The van der Waals surface area contributed by atoms with Gasteiger partial charge in [-0.15, -0.1) is 0 Å². The summed E-state index contributed by atoms with van der Waals surface area (Å²) >= 11 is 0. The van der Waals surface area contributed by atoms with E-state index in [-0.39, 0.29) is 5.91 Å². The zero-order valence-electron chi connectivity index (χ0n) is 13.5. The molecule has 22 heavy (non-hydrogen) atoms. The van der Waals surface area contributed by atoms with Crippen molar-refractivity contribution < 1.29 is 14.3 Å². The Kier molecular flexibility index (Phi) is 5.19. The number of carbonyl (C=O) groups excluding carboxylic acids is 2. The average molecular weight is 304 g/mol. The van der Waals surface area contributed by atoms with E-state index in [9.17, 15) is 9.59 Å². The van der Waals surface area contributed by atoms with Crippen LogP contribution in [0.5, 0.6) is 0 Å². The van der Waals surface area contributed by atoms with Gasteiger partial charge in [0.25, 0.3) is 0 Å². The first kappa shape index (κ1) is 16.5. The van der Waals surface area contributed by atoms with Crippen LogP contribution in [0.3, 0.4) is 0 Å². The van der Waals surface area contributed by atoms with E-state index >= 15 is 0 Å². The van der Waals surface area contributed by atoms with Crippen molar-refractivity contribution in [2.24, 2.45) is 5.41 Å². The molecule has 1 aromatic carbocycles. The third-order valence-electron chi connectivity index (χ3n) is 4.14. The Morgan fingerprint density at radius 3 is 2.23 bits per heavy atom. The van der Waals surface area contributed by atoms with Gasteiger partial charge in [-0.1, -0.05) is 30.3 Å². The molecule has 0 aromatic heterocycles. The second-order valence-electron chi connectivity index (χ2n) is 6.17. The summed E-state index contributed by atoms with van der Waals surface area (Å²) < 4.78 is 4.73. The summed E-state index contributed by atoms with van der Waals surface area (Å²) in [5, 5.41) is 0. The molecule has 1 saturated heterocycles. The van der Waals surface area contributed by atoms with Crippen LogP contribution in [0.4, 0.5) is 0 Å². The highest BCUT2D eigenvalue weighted by atomic mass is 16.5. The van der Waals surface area contributed by atoms with Crippen molar-refractivity contribution in [3.8, 4) is 0 Å². The zero-order valence-corrected chi connectivity index (χ0v) is 13.5. The highest BCUT2D eigenvalue weighted by molar-refractivity contribution is 6.01. The van der Waals surface area contributed by atoms with Gasteiger partial charge in [-0.2, -0.15) is 0 Å². The lowest BCUT2D eigenvalue weighted by Crippen LogP contribution is -2.53. The van der Waals surface area contributed by atoms with Crippen LogP contribution in [-0.4, -0.2) is 55.0 Å². The molecule has 0 radical (unpaired) electrons. The van der Waals surface area contributed by atoms with E-state index in [0.29, 0.717) is 13.1 Å². The molecule has 1 fully saturated rings. The molecule has 2 rings (SSSR count). The molecule has 0 saturated carbocycles. The number of benzene rings is 1. The fourth-order valence-corrected chi connectivity index (χ4v) is 2.69. The van der Waals surface area contributed by atoms with Gasteiger partial charge in [0.1, 0.15) is 5.41 Å². The van der Waals surface area contributed by atoms with Crippen LogP contribution < -0.4 is 0 Å². The first-order valence-electron chi connectivity index (χ1n) is 7.59. The number of piperazine rings is 1. The summed E-state index contributed by atoms with van der Waals surface area (Å²) in [4.78, 5) is 28.3. The number of hydrogen-bond donors (Lipinski definition) is 0. The number of esters is 1. The molecule has 0 atom stereocenters. The fourth-order valence-electron chi connectivity index (χ4n) is 2.69. The fraction of sp³-hybridized carbons (Fsp3) is 0.529. The molecule has 0 bridgehead atoms. The Hall–Kier alpha value is -1.88. The molecule has 0 aliphatic carbocycles. The third-order valence-corrected chi connectivity index (χ3v) is 4.14. The zero-order chi connectivity index (χ0) is 16.2. The van der Waals surface area contributed by atoms with Gasteiger partial charge < -0.3 is 9.64 Å². The monoisotopic (exact) mass is 304 g/mol. The van der Waals surface area contributed by atoms with Gasteiger partial charge in [-0.25, -0.2) is 0 Å². The number of nitrogens with zero attached hydrogens (tertiary/aromatic N) is 2. The van der Waals surface area contributed by atoms with Crippen LogP contribution in [0.25, 0.3) is 0 Å². The normalized spacial score (nSPS) is 16.4. The molecular formula is C17H24N2O3. The van der Waals surface area contributed by atoms with E-state index < -0.39 is 11.4 Å². The third kappa shape index (κ3) is 3.65. The highest BCUT2D eigenvalue weighted by Gasteiger charge is 2.40. The topological polar surface area (TPSA) is 49.9 Å². The minimum Gasteiger partial charge on any atom is -0.468 e. The standard InChI is InChI=1S/C17H24N2O3/c1-17(2,16(21)22-3)15(20)19-11-9-18(10-12-19)13-14-7-5-4-6-8-14/h4-8H,9-13H2,1-3H3. The Bertz CT molecular complexity index is 520. The smallest absolute Gasteiger partial charge is 0.320 e. The molecule has 0 unspecified atom stereocenters. The van der Waals surface area contributed by atoms with Crippen molar-refractivity contribution in [1.82, 2.24) is 9.80 Å². The maximum Gasteiger partial charge on any atom is 0.320 e. The minimum absolute atomic E-state index is 0.154. The van der Waals surface area contributed by atoms with Crippen LogP contribution in [0.1, 0.15) is 19.4 Å². The van der Waals surface area contributed by atoms with Gasteiger partial charge in [0.15, 0.2) is 0 Å². The predicted octanol–water partition coefficient (Wildman–Crippen LogP) is 1.53. The van der Waals surface area contributed by atoms with E-state index in [2.05, 4.69) is 17.0 Å². The molecule has 1 aliphatic heterocycles. The largest absolute Gasteiger partial charge is 0.468 e. The summed E-state index contributed by atoms with van der Waals surface area (Å²) in [6, 6.07) is 10.3. The SMILES string of the molecule is COC(=O)C(C)(C)C(=O)N1CCN(Cc2ccccc2)CC1. The van der Waals surface area contributed by atoms with Gasteiger partial charge in [-0.3, -0.25) is 14.5 Å². The Morgan fingerprint density at radius 1 is 1.09 bits per heavy atom. The molecule has 5 heteroatoms. The minimum atomic E-state index is -1.11. The van der Waals surface area contributed by atoms with Crippen LogP contribution in [0.2, 0.25) is 0 Å².